The molecule has 1 fully saturated rings. The minimum atomic E-state index is -0.349. The number of ether oxygens (including phenoxy) is 2. The summed E-state index contributed by atoms with van der Waals surface area (Å²) in [6.45, 7) is 5.15. The van der Waals surface area contributed by atoms with Gasteiger partial charge < -0.3 is 18.8 Å². The topological polar surface area (TPSA) is 69.0 Å². The monoisotopic (exact) mass is 431 g/mol. The van der Waals surface area contributed by atoms with E-state index in [0.717, 1.165) is 24.3 Å². The lowest BCUT2D eigenvalue weighted by molar-refractivity contribution is 0.0526. The number of carbonyl (C=O) groups excluding carboxylic acids is 2. The van der Waals surface area contributed by atoms with Crippen LogP contribution < -0.4 is 4.90 Å². The van der Waals surface area contributed by atoms with Gasteiger partial charge in [0.05, 0.1) is 25.4 Å². The van der Waals surface area contributed by atoms with E-state index in [1.807, 2.05) is 36.4 Å². The van der Waals surface area contributed by atoms with Gasteiger partial charge in [0.1, 0.15) is 11.5 Å². The van der Waals surface area contributed by atoms with E-state index in [0.29, 0.717) is 42.5 Å². The second kappa shape index (κ2) is 10.1. The van der Waals surface area contributed by atoms with Crippen LogP contribution in [0.3, 0.4) is 0 Å². The van der Waals surface area contributed by atoms with Crippen molar-refractivity contribution in [1.82, 2.24) is 0 Å². The van der Waals surface area contributed by atoms with Gasteiger partial charge >= 0.3 is 5.97 Å². The number of morpholine rings is 1. The van der Waals surface area contributed by atoms with Crippen molar-refractivity contribution in [1.29, 1.82) is 0 Å². The molecule has 1 aliphatic rings. The Morgan fingerprint density at radius 3 is 2.53 bits per heavy atom. The third kappa shape index (κ3) is 5.15. The highest BCUT2D eigenvalue weighted by Crippen LogP contribution is 2.24. The van der Waals surface area contributed by atoms with Crippen LogP contribution in [-0.4, -0.2) is 44.7 Å². The Morgan fingerprint density at radius 2 is 1.78 bits per heavy atom. The Kier molecular flexibility index (Phi) is 6.82. The van der Waals surface area contributed by atoms with Gasteiger partial charge in [0.2, 0.25) is 0 Å². The van der Waals surface area contributed by atoms with Crippen LogP contribution in [0.25, 0.3) is 17.4 Å². The van der Waals surface area contributed by atoms with E-state index in [4.69, 9.17) is 13.9 Å². The third-order valence-electron chi connectivity index (χ3n) is 5.21. The molecule has 0 N–H and O–H groups in total. The lowest BCUT2D eigenvalue weighted by Gasteiger charge is -2.29. The van der Waals surface area contributed by atoms with Crippen molar-refractivity contribution < 1.29 is 23.5 Å². The Hall–Kier alpha value is -3.64. The molecule has 0 atom stereocenters. The first-order valence-corrected chi connectivity index (χ1v) is 10.7. The summed E-state index contributed by atoms with van der Waals surface area (Å²) in [4.78, 5) is 26.7. The standard InChI is InChI=1S/C26H25NO5/c1-2-31-26(29)20-8-6-19(7-9-20)25-13-11-23(32-25)10-12-24(28)21-4-3-5-22(18-21)27-14-16-30-17-15-27/h3-13,18H,2,14-17H2,1H3/b12-10-. The molecule has 1 saturated heterocycles. The first kappa shape index (κ1) is 21.6. The van der Waals surface area contributed by atoms with Crippen molar-refractivity contribution >= 4 is 23.5 Å². The van der Waals surface area contributed by atoms with E-state index in [-0.39, 0.29) is 11.8 Å². The van der Waals surface area contributed by atoms with E-state index in [2.05, 4.69) is 4.90 Å². The number of furan rings is 1. The van der Waals surface area contributed by atoms with Crippen LogP contribution in [0.5, 0.6) is 0 Å². The summed E-state index contributed by atoms with van der Waals surface area (Å²) in [6.07, 6.45) is 3.19. The molecule has 0 radical (unpaired) electrons. The number of nitrogens with zero attached hydrogens (tertiary/aromatic N) is 1. The minimum Gasteiger partial charge on any atom is -0.462 e. The minimum absolute atomic E-state index is 0.0863. The second-order valence-electron chi connectivity index (χ2n) is 7.35. The first-order valence-electron chi connectivity index (χ1n) is 10.7. The smallest absolute Gasteiger partial charge is 0.338 e. The summed E-state index contributed by atoms with van der Waals surface area (Å²) in [5.74, 6) is 0.796. The summed E-state index contributed by atoms with van der Waals surface area (Å²) >= 11 is 0. The summed E-state index contributed by atoms with van der Waals surface area (Å²) < 4.78 is 16.2. The molecule has 0 unspecified atom stereocenters. The molecule has 32 heavy (non-hydrogen) atoms. The SMILES string of the molecule is CCOC(=O)c1ccc(-c2ccc(/C=C\C(=O)c3cccc(N4CCOCC4)c3)o2)cc1. The maximum Gasteiger partial charge on any atom is 0.338 e. The molecule has 2 heterocycles. The number of carbonyl (C=O) groups is 2. The van der Waals surface area contributed by atoms with Crippen molar-refractivity contribution in [2.45, 2.75) is 6.92 Å². The quantitative estimate of drug-likeness (QED) is 0.302. The number of allylic oxidation sites excluding steroid dienone is 1. The molecule has 4 rings (SSSR count). The number of benzene rings is 2. The summed E-state index contributed by atoms with van der Waals surface area (Å²) in [5, 5.41) is 0. The van der Waals surface area contributed by atoms with Gasteiger partial charge in [-0.05, 0) is 55.5 Å². The van der Waals surface area contributed by atoms with Gasteiger partial charge in [-0.15, -0.1) is 0 Å². The molecule has 6 nitrogen and oxygen atoms in total. The fourth-order valence-corrected chi connectivity index (χ4v) is 3.51. The summed E-state index contributed by atoms with van der Waals surface area (Å²) in [5.41, 5.74) is 2.99. The predicted octanol–water partition coefficient (Wildman–Crippen LogP) is 4.86. The largest absolute Gasteiger partial charge is 0.462 e. The molecule has 0 aliphatic carbocycles. The maximum absolute atomic E-state index is 12.7. The number of esters is 1. The Balaban J connectivity index is 1.42. The molecule has 1 aromatic heterocycles. The van der Waals surface area contributed by atoms with E-state index in [9.17, 15) is 9.59 Å². The number of hydrogen-bond donors (Lipinski definition) is 0. The second-order valence-corrected chi connectivity index (χ2v) is 7.35. The number of hydrogen-bond acceptors (Lipinski definition) is 6. The van der Waals surface area contributed by atoms with Gasteiger partial charge in [0.25, 0.3) is 0 Å². The molecule has 6 heteroatoms. The normalized spacial score (nSPS) is 14.0. The molecular weight excluding hydrogens is 406 g/mol. The maximum atomic E-state index is 12.7. The van der Waals surface area contributed by atoms with Gasteiger partial charge in [-0.1, -0.05) is 24.3 Å². The molecule has 1 aliphatic heterocycles. The highest BCUT2D eigenvalue weighted by atomic mass is 16.5. The number of rotatable bonds is 7. The zero-order valence-corrected chi connectivity index (χ0v) is 18.0. The van der Waals surface area contributed by atoms with E-state index < -0.39 is 0 Å². The van der Waals surface area contributed by atoms with Crippen LogP contribution in [0, 0.1) is 0 Å². The van der Waals surface area contributed by atoms with Crippen molar-refractivity contribution in [3.8, 4) is 11.3 Å². The van der Waals surface area contributed by atoms with Crippen LogP contribution in [0.1, 0.15) is 33.4 Å². The van der Waals surface area contributed by atoms with Gasteiger partial charge in [0, 0.05) is 29.9 Å². The lowest BCUT2D eigenvalue weighted by atomic mass is 10.1. The average molecular weight is 431 g/mol. The van der Waals surface area contributed by atoms with Crippen molar-refractivity contribution in [3.63, 3.8) is 0 Å². The lowest BCUT2D eigenvalue weighted by Crippen LogP contribution is -2.36. The van der Waals surface area contributed by atoms with Crippen LogP contribution in [0.2, 0.25) is 0 Å². The van der Waals surface area contributed by atoms with Gasteiger partial charge in [-0.25, -0.2) is 4.79 Å². The van der Waals surface area contributed by atoms with Gasteiger partial charge in [-0.3, -0.25) is 4.79 Å². The van der Waals surface area contributed by atoms with Crippen LogP contribution in [0.4, 0.5) is 5.69 Å². The Bertz CT molecular complexity index is 1110. The highest BCUT2D eigenvalue weighted by molar-refractivity contribution is 6.07. The van der Waals surface area contributed by atoms with Crippen LogP contribution in [0.15, 0.2) is 71.2 Å². The summed E-state index contributed by atoms with van der Waals surface area (Å²) in [6, 6.07) is 18.3. The zero-order valence-electron chi connectivity index (χ0n) is 18.0. The molecular formula is C26H25NO5. The van der Waals surface area contributed by atoms with E-state index >= 15 is 0 Å². The molecule has 0 amide bonds. The number of anilines is 1. The number of ketones is 1. The highest BCUT2D eigenvalue weighted by Gasteiger charge is 2.13. The van der Waals surface area contributed by atoms with Gasteiger partial charge in [0.15, 0.2) is 5.78 Å². The van der Waals surface area contributed by atoms with E-state index in [1.54, 1.807) is 37.3 Å². The van der Waals surface area contributed by atoms with Gasteiger partial charge in [-0.2, -0.15) is 0 Å². The Labute approximate surface area is 187 Å². The average Bonchev–Trinajstić information content (AvgIpc) is 3.32. The predicted molar refractivity (Wildman–Crippen MR) is 123 cm³/mol. The molecule has 0 saturated carbocycles. The van der Waals surface area contributed by atoms with Crippen LogP contribution >= 0.6 is 0 Å². The zero-order chi connectivity index (χ0) is 22.3. The molecule has 0 spiro atoms. The first-order chi connectivity index (χ1) is 15.6. The molecule has 0 bridgehead atoms. The van der Waals surface area contributed by atoms with Crippen molar-refractivity contribution in [2.24, 2.45) is 0 Å². The van der Waals surface area contributed by atoms with Crippen molar-refractivity contribution in [3.05, 3.63) is 83.6 Å². The molecule has 164 valence electrons. The van der Waals surface area contributed by atoms with Crippen LogP contribution in [-0.2, 0) is 9.47 Å². The molecule has 3 aromatic rings. The van der Waals surface area contributed by atoms with Crippen molar-refractivity contribution in [2.75, 3.05) is 37.8 Å². The van der Waals surface area contributed by atoms with E-state index in [1.165, 1.54) is 6.08 Å². The third-order valence-corrected chi connectivity index (χ3v) is 5.21. The fourth-order valence-electron chi connectivity index (χ4n) is 3.51. The molecule has 2 aromatic carbocycles. The summed E-state index contributed by atoms with van der Waals surface area (Å²) in [7, 11) is 0. The Morgan fingerprint density at radius 1 is 1.00 bits per heavy atom. The fraction of sp³-hybridized carbons (Fsp3) is 0.231.